The van der Waals surface area contributed by atoms with E-state index in [-0.39, 0.29) is 17.3 Å². The van der Waals surface area contributed by atoms with Crippen molar-refractivity contribution in [2.24, 2.45) is 5.41 Å². The van der Waals surface area contributed by atoms with Gasteiger partial charge in [0, 0.05) is 24.5 Å². The van der Waals surface area contributed by atoms with Crippen LogP contribution < -0.4 is 0 Å². The van der Waals surface area contributed by atoms with Crippen LogP contribution in [0.5, 0.6) is 0 Å². The lowest BCUT2D eigenvalue weighted by molar-refractivity contribution is 0.124. The molecule has 106 valence electrons. The van der Waals surface area contributed by atoms with Gasteiger partial charge in [-0.25, -0.2) is 12.7 Å². The van der Waals surface area contributed by atoms with E-state index in [0.717, 1.165) is 19.3 Å². The summed E-state index contributed by atoms with van der Waals surface area (Å²) in [4.78, 5) is 0.388. The van der Waals surface area contributed by atoms with Gasteiger partial charge < -0.3 is 4.74 Å². The summed E-state index contributed by atoms with van der Waals surface area (Å²) in [6, 6.07) is 0. The second-order valence-corrected chi connectivity index (χ2v) is 9.11. The molecule has 18 heavy (non-hydrogen) atoms. The third-order valence-electron chi connectivity index (χ3n) is 3.88. The van der Waals surface area contributed by atoms with Gasteiger partial charge in [-0.2, -0.15) is 0 Å². The minimum Gasteiger partial charge on any atom is -0.377 e. The third-order valence-corrected chi connectivity index (χ3v) is 7.47. The summed E-state index contributed by atoms with van der Waals surface area (Å²) in [6.07, 6.45) is 2.63. The molecule has 6 heteroatoms. The number of hydrogen-bond donors (Lipinski definition) is 0. The van der Waals surface area contributed by atoms with Crippen LogP contribution in [0, 0.1) is 5.41 Å². The van der Waals surface area contributed by atoms with Gasteiger partial charge in [0.25, 0.3) is 0 Å². The van der Waals surface area contributed by atoms with Gasteiger partial charge in [0.15, 0.2) is 0 Å². The van der Waals surface area contributed by atoms with Crippen LogP contribution in [0.3, 0.4) is 0 Å². The Morgan fingerprint density at radius 3 is 2.67 bits per heavy atom. The van der Waals surface area contributed by atoms with Crippen LogP contribution in [0.25, 0.3) is 0 Å². The van der Waals surface area contributed by atoms with Crippen molar-refractivity contribution in [1.29, 1.82) is 0 Å². The van der Waals surface area contributed by atoms with Crippen molar-refractivity contribution >= 4 is 26.0 Å². The predicted octanol–water partition coefficient (Wildman–Crippen LogP) is 1.99. The Morgan fingerprint density at radius 2 is 2.11 bits per heavy atom. The number of ether oxygens (including phenoxy) is 1. The molecule has 0 aromatic carbocycles. The van der Waals surface area contributed by atoms with E-state index in [1.165, 1.54) is 0 Å². The second-order valence-electron chi connectivity index (χ2n) is 5.99. The Balaban J connectivity index is 2.01. The molecule has 2 saturated heterocycles. The van der Waals surface area contributed by atoms with E-state index < -0.39 is 10.0 Å². The molecule has 0 N–H and O–H groups in total. The van der Waals surface area contributed by atoms with Gasteiger partial charge in [-0.05, 0) is 24.7 Å². The quantitative estimate of drug-likeness (QED) is 0.738. The first-order chi connectivity index (χ1) is 8.31. The van der Waals surface area contributed by atoms with Crippen LogP contribution >= 0.6 is 15.9 Å². The Bertz CT molecular complexity index is 390. The first kappa shape index (κ1) is 14.8. The highest BCUT2D eigenvalue weighted by atomic mass is 79.9. The van der Waals surface area contributed by atoms with E-state index in [4.69, 9.17) is 4.74 Å². The Morgan fingerprint density at radius 1 is 1.39 bits per heavy atom. The maximum Gasteiger partial charge on any atom is 0.216 e. The van der Waals surface area contributed by atoms with Crippen LogP contribution in [0.1, 0.15) is 33.1 Å². The summed E-state index contributed by atoms with van der Waals surface area (Å²) in [7, 11) is -3.17. The highest BCUT2D eigenvalue weighted by Gasteiger charge is 2.39. The van der Waals surface area contributed by atoms with Crippen molar-refractivity contribution in [3.63, 3.8) is 0 Å². The maximum absolute atomic E-state index is 12.4. The predicted molar refractivity (Wildman–Crippen MR) is 75.4 cm³/mol. The molecule has 2 fully saturated rings. The number of nitrogens with zero attached hydrogens (tertiary/aromatic N) is 1. The molecule has 0 bridgehead atoms. The average molecular weight is 340 g/mol. The average Bonchev–Trinajstić information content (AvgIpc) is 2.73. The second kappa shape index (κ2) is 5.38. The topological polar surface area (TPSA) is 46.6 Å². The molecule has 0 radical (unpaired) electrons. The molecule has 0 aliphatic carbocycles. The summed E-state index contributed by atoms with van der Waals surface area (Å²) in [5, 5.41) is 0. The van der Waals surface area contributed by atoms with Crippen LogP contribution in [-0.4, -0.2) is 49.1 Å². The Labute approximate surface area is 118 Å². The van der Waals surface area contributed by atoms with Crippen molar-refractivity contribution in [3.05, 3.63) is 0 Å². The molecule has 2 atom stereocenters. The summed E-state index contributed by atoms with van der Waals surface area (Å²) >= 11 is 3.65. The van der Waals surface area contributed by atoms with Gasteiger partial charge in [0.05, 0.1) is 11.9 Å². The molecule has 0 spiro atoms. The lowest BCUT2D eigenvalue weighted by atomic mass is 9.85. The summed E-state index contributed by atoms with van der Waals surface area (Å²) in [5.74, 6) is 0.149. The van der Waals surface area contributed by atoms with Gasteiger partial charge in [0.2, 0.25) is 10.0 Å². The first-order valence-corrected chi connectivity index (χ1v) is 9.07. The molecule has 0 saturated carbocycles. The highest BCUT2D eigenvalue weighted by molar-refractivity contribution is 9.09. The largest absolute Gasteiger partial charge is 0.377 e. The van der Waals surface area contributed by atoms with Crippen molar-refractivity contribution in [3.8, 4) is 0 Å². The fourth-order valence-corrected chi connectivity index (χ4v) is 4.84. The smallest absolute Gasteiger partial charge is 0.216 e. The van der Waals surface area contributed by atoms with Gasteiger partial charge in [0.1, 0.15) is 0 Å². The molecule has 4 nitrogen and oxygen atoms in total. The lowest BCUT2D eigenvalue weighted by Crippen LogP contribution is -2.50. The fraction of sp³-hybridized carbons (Fsp3) is 1.00. The van der Waals surface area contributed by atoms with Crippen LogP contribution in [-0.2, 0) is 14.8 Å². The summed E-state index contributed by atoms with van der Waals surface area (Å²) in [6.45, 7) is 6.14. The molecule has 0 aromatic rings. The minimum absolute atomic E-state index is 0.0121. The number of hydrogen-bond acceptors (Lipinski definition) is 3. The Kier molecular flexibility index (Phi) is 4.41. The number of rotatable bonds is 3. The van der Waals surface area contributed by atoms with Crippen molar-refractivity contribution < 1.29 is 13.2 Å². The van der Waals surface area contributed by atoms with Crippen LogP contribution in [0.15, 0.2) is 0 Å². The van der Waals surface area contributed by atoms with E-state index in [1.807, 2.05) is 0 Å². The molecular formula is C12H22BrNO3S. The molecule has 2 aliphatic rings. The van der Waals surface area contributed by atoms with Crippen molar-refractivity contribution in [1.82, 2.24) is 4.31 Å². The van der Waals surface area contributed by atoms with Gasteiger partial charge in [-0.15, -0.1) is 0 Å². The van der Waals surface area contributed by atoms with Crippen LogP contribution in [0.4, 0.5) is 0 Å². The maximum atomic E-state index is 12.4. The standard InChI is InChI=1S/C12H22BrNO3S/c1-12(2)9-14(6-5-11(12)13)18(15,16)8-10-4-3-7-17-10/h10-11H,3-9H2,1-2H3. The van der Waals surface area contributed by atoms with Gasteiger partial charge in [-0.3, -0.25) is 0 Å². The van der Waals surface area contributed by atoms with E-state index in [2.05, 4.69) is 29.8 Å². The first-order valence-electron chi connectivity index (χ1n) is 6.55. The van der Waals surface area contributed by atoms with Gasteiger partial charge >= 0.3 is 0 Å². The molecule has 0 amide bonds. The van der Waals surface area contributed by atoms with Gasteiger partial charge in [-0.1, -0.05) is 29.8 Å². The van der Waals surface area contributed by atoms with Crippen LogP contribution in [0.2, 0.25) is 0 Å². The Hall–Kier alpha value is 0.350. The molecule has 2 aliphatic heterocycles. The molecule has 2 heterocycles. The summed E-state index contributed by atoms with van der Waals surface area (Å²) in [5.41, 5.74) is -0.0121. The zero-order valence-corrected chi connectivity index (χ0v) is 13.5. The van der Waals surface area contributed by atoms with Crippen molar-refractivity contribution in [2.45, 2.75) is 44.0 Å². The molecule has 2 unspecified atom stereocenters. The number of piperidine rings is 1. The fourth-order valence-electron chi connectivity index (χ4n) is 2.63. The molecule has 2 rings (SSSR count). The monoisotopic (exact) mass is 339 g/mol. The molecule has 0 aromatic heterocycles. The number of alkyl halides is 1. The van der Waals surface area contributed by atoms with Crippen molar-refractivity contribution in [2.75, 3.05) is 25.4 Å². The van der Waals surface area contributed by atoms with E-state index in [1.54, 1.807) is 4.31 Å². The zero-order chi connectivity index (χ0) is 13.4. The highest BCUT2D eigenvalue weighted by Crippen LogP contribution is 2.35. The zero-order valence-electron chi connectivity index (χ0n) is 11.1. The van der Waals surface area contributed by atoms with E-state index >= 15 is 0 Å². The molecular weight excluding hydrogens is 318 g/mol. The normalized spacial score (nSPS) is 33.7. The number of sulfonamides is 1. The van der Waals surface area contributed by atoms with E-state index in [0.29, 0.717) is 24.5 Å². The van der Waals surface area contributed by atoms with E-state index in [9.17, 15) is 8.42 Å². The lowest BCUT2D eigenvalue weighted by Gasteiger charge is -2.41. The number of halogens is 1. The minimum atomic E-state index is -3.17. The SMILES string of the molecule is CC1(C)CN(S(=O)(=O)CC2CCCO2)CCC1Br. The third kappa shape index (κ3) is 3.26. The summed E-state index contributed by atoms with van der Waals surface area (Å²) < 4.78 is 31.8.